The van der Waals surface area contributed by atoms with E-state index in [0.29, 0.717) is 0 Å². The molecule has 0 saturated heterocycles. The maximum Gasteiger partial charge on any atom is 0.0390 e. The number of hydrogen-bond donors (Lipinski definition) is 0. The highest BCUT2D eigenvalue weighted by Gasteiger charge is 2.37. The Morgan fingerprint density at radius 1 is 0.676 bits per heavy atom. The van der Waals surface area contributed by atoms with Gasteiger partial charge in [-0.25, -0.2) is 0 Å². The van der Waals surface area contributed by atoms with Gasteiger partial charge in [0, 0.05) is 25.6 Å². The van der Waals surface area contributed by atoms with E-state index in [1.807, 2.05) is 11.3 Å². The minimum absolute atomic E-state index is 0.000903. The van der Waals surface area contributed by atoms with Gasteiger partial charge in [-0.15, -0.1) is 11.3 Å². The summed E-state index contributed by atoms with van der Waals surface area (Å²) in [6, 6.07) is 34.1. The van der Waals surface area contributed by atoms with Crippen LogP contribution in [0.3, 0.4) is 0 Å². The van der Waals surface area contributed by atoms with Gasteiger partial charge in [-0.1, -0.05) is 98.8 Å². The van der Waals surface area contributed by atoms with Crippen LogP contribution in [0.25, 0.3) is 42.1 Å². The number of hydrogen-bond acceptors (Lipinski definition) is 1. The Morgan fingerprint density at radius 2 is 1.41 bits per heavy atom. The Bertz CT molecular complexity index is 1760. The van der Waals surface area contributed by atoms with E-state index in [0.717, 1.165) is 6.42 Å². The first-order chi connectivity index (χ1) is 16.5. The second kappa shape index (κ2) is 7.04. The highest BCUT2D eigenvalue weighted by atomic mass is 32.1. The summed E-state index contributed by atoms with van der Waals surface area (Å²) in [7, 11) is 0. The Labute approximate surface area is 204 Å². The van der Waals surface area contributed by atoms with Crippen molar-refractivity contribution in [3.63, 3.8) is 0 Å². The summed E-state index contributed by atoms with van der Waals surface area (Å²) in [4.78, 5) is 0. The maximum absolute atomic E-state index is 2.48. The third-order valence-corrected chi connectivity index (χ3v) is 9.09. The SMILES string of the molecule is Cc1cc2c(c3ccccc13)-c1ccc(Cc3cccc4c3sc3ccccc34)cc1C2(C)C. The van der Waals surface area contributed by atoms with E-state index in [1.54, 1.807) is 0 Å². The molecule has 164 valence electrons. The molecule has 0 amide bonds. The van der Waals surface area contributed by atoms with Crippen LogP contribution in [0.1, 0.15) is 41.7 Å². The highest BCUT2D eigenvalue weighted by Crippen LogP contribution is 2.52. The summed E-state index contributed by atoms with van der Waals surface area (Å²) in [5.74, 6) is 0. The third kappa shape index (κ3) is 2.71. The largest absolute Gasteiger partial charge is 0.135 e. The predicted molar refractivity (Wildman–Crippen MR) is 148 cm³/mol. The number of fused-ring (bicyclic) bond motifs is 8. The van der Waals surface area contributed by atoms with Crippen molar-refractivity contribution in [2.24, 2.45) is 0 Å². The van der Waals surface area contributed by atoms with Crippen molar-refractivity contribution >= 4 is 42.3 Å². The lowest BCUT2D eigenvalue weighted by Crippen LogP contribution is -2.15. The molecule has 0 spiro atoms. The lowest BCUT2D eigenvalue weighted by atomic mass is 9.80. The number of rotatable bonds is 2. The molecule has 34 heavy (non-hydrogen) atoms. The molecule has 0 fully saturated rings. The summed E-state index contributed by atoms with van der Waals surface area (Å²) >= 11 is 1.93. The molecule has 0 atom stereocenters. The van der Waals surface area contributed by atoms with Gasteiger partial charge in [0.2, 0.25) is 0 Å². The van der Waals surface area contributed by atoms with E-state index in [2.05, 4.69) is 112 Å². The Kier molecular flexibility index (Phi) is 4.14. The van der Waals surface area contributed by atoms with E-state index in [-0.39, 0.29) is 5.41 Å². The first-order valence-electron chi connectivity index (χ1n) is 12.1. The molecule has 1 aliphatic carbocycles. The van der Waals surface area contributed by atoms with E-state index in [4.69, 9.17) is 0 Å². The van der Waals surface area contributed by atoms with Crippen molar-refractivity contribution in [2.45, 2.75) is 32.6 Å². The molecule has 0 unspecified atom stereocenters. The summed E-state index contributed by atoms with van der Waals surface area (Å²) in [5.41, 5.74) is 9.94. The summed E-state index contributed by atoms with van der Waals surface area (Å²) < 4.78 is 2.80. The van der Waals surface area contributed by atoms with Gasteiger partial charge < -0.3 is 0 Å². The van der Waals surface area contributed by atoms with E-state index in [9.17, 15) is 0 Å². The van der Waals surface area contributed by atoms with E-state index in [1.165, 1.54) is 69.9 Å². The quantitative estimate of drug-likeness (QED) is 0.244. The van der Waals surface area contributed by atoms with Crippen LogP contribution >= 0.6 is 11.3 Å². The van der Waals surface area contributed by atoms with Gasteiger partial charge in [-0.05, 0) is 69.1 Å². The fourth-order valence-electron chi connectivity index (χ4n) is 6.09. The van der Waals surface area contributed by atoms with Crippen molar-refractivity contribution in [2.75, 3.05) is 0 Å². The van der Waals surface area contributed by atoms with Crippen molar-refractivity contribution in [1.29, 1.82) is 0 Å². The van der Waals surface area contributed by atoms with Crippen molar-refractivity contribution in [3.05, 3.63) is 119 Å². The monoisotopic (exact) mass is 454 g/mol. The Balaban J connectivity index is 1.38. The average molecular weight is 455 g/mol. The van der Waals surface area contributed by atoms with Crippen LogP contribution in [0, 0.1) is 6.92 Å². The van der Waals surface area contributed by atoms with Crippen molar-refractivity contribution in [1.82, 2.24) is 0 Å². The van der Waals surface area contributed by atoms with Crippen LogP contribution in [-0.2, 0) is 11.8 Å². The summed E-state index contributed by atoms with van der Waals surface area (Å²) in [6.07, 6.45) is 0.962. The van der Waals surface area contributed by atoms with Crippen LogP contribution < -0.4 is 0 Å². The second-order valence-corrected chi connectivity index (χ2v) is 11.3. The first kappa shape index (κ1) is 20.0. The third-order valence-electron chi connectivity index (χ3n) is 7.83. The molecule has 0 saturated carbocycles. The van der Waals surface area contributed by atoms with Gasteiger partial charge in [0.05, 0.1) is 0 Å². The van der Waals surface area contributed by atoms with Gasteiger partial charge in [0.25, 0.3) is 0 Å². The zero-order valence-electron chi connectivity index (χ0n) is 19.8. The normalized spacial score (nSPS) is 14.1. The summed E-state index contributed by atoms with van der Waals surface area (Å²) in [5, 5.41) is 5.50. The van der Waals surface area contributed by atoms with Gasteiger partial charge in [0.1, 0.15) is 0 Å². The lowest BCUT2D eigenvalue weighted by Gasteiger charge is -2.23. The van der Waals surface area contributed by atoms with Crippen LogP contribution in [0.15, 0.2) is 91.0 Å². The minimum Gasteiger partial charge on any atom is -0.135 e. The number of aryl methyl sites for hydroxylation is 1. The molecule has 0 nitrogen and oxygen atoms in total. The van der Waals surface area contributed by atoms with Gasteiger partial charge in [0.15, 0.2) is 0 Å². The molecule has 1 aliphatic rings. The molecule has 0 radical (unpaired) electrons. The molecule has 0 bridgehead atoms. The van der Waals surface area contributed by atoms with Crippen LogP contribution in [0.5, 0.6) is 0 Å². The predicted octanol–water partition coefficient (Wildman–Crippen LogP) is 9.41. The minimum atomic E-state index is -0.000903. The van der Waals surface area contributed by atoms with Gasteiger partial charge in [-0.2, -0.15) is 0 Å². The molecular weight excluding hydrogens is 428 g/mol. The zero-order chi connectivity index (χ0) is 23.0. The average Bonchev–Trinajstić information content (AvgIpc) is 3.33. The zero-order valence-corrected chi connectivity index (χ0v) is 20.6. The first-order valence-corrected chi connectivity index (χ1v) is 12.9. The second-order valence-electron chi connectivity index (χ2n) is 10.2. The number of thiophene rings is 1. The van der Waals surface area contributed by atoms with Crippen LogP contribution in [-0.4, -0.2) is 0 Å². The van der Waals surface area contributed by atoms with E-state index < -0.39 is 0 Å². The standard InChI is InChI=1S/C33H26S/c1-20-17-29-31(25-12-5-4-10-23(20)25)27-16-15-21(19-28(27)33(29,2)3)18-22-9-8-13-26-24-11-6-7-14-30(24)34-32(22)26/h4-17,19H,18H2,1-3H3. The molecule has 0 N–H and O–H groups in total. The molecule has 6 aromatic rings. The topological polar surface area (TPSA) is 0 Å². The fraction of sp³-hybridized carbons (Fsp3) is 0.152. The highest BCUT2D eigenvalue weighted by molar-refractivity contribution is 7.26. The molecule has 1 aromatic heterocycles. The fourth-order valence-corrected chi connectivity index (χ4v) is 7.30. The molecule has 5 aromatic carbocycles. The molecule has 1 heterocycles. The smallest absolute Gasteiger partial charge is 0.0390 e. The molecule has 7 rings (SSSR count). The van der Waals surface area contributed by atoms with Crippen molar-refractivity contribution < 1.29 is 0 Å². The van der Waals surface area contributed by atoms with Gasteiger partial charge in [-0.3, -0.25) is 0 Å². The van der Waals surface area contributed by atoms with Crippen molar-refractivity contribution in [3.8, 4) is 11.1 Å². The van der Waals surface area contributed by atoms with E-state index >= 15 is 0 Å². The van der Waals surface area contributed by atoms with Crippen LogP contribution in [0.2, 0.25) is 0 Å². The Morgan fingerprint density at radius 3 is 2.26 bits per heavy atom. The summed E-state index contributed by atoms with van der Waals surface area (Å²) in [6.45, 7) is 7.03. The van der Waals surface area contributed by atoms with Gasteiger partial charge >= 0.3 is 0 Å². The maximum atomic E-state index is 2.48. The Hall–Kier alpha value is -3.42. The molecular formula is C33H26S. The lowest BCUT2D eigenvalue weighted by molar-refractivity contribution is 0.659. The number of benzene rings is 5. The van der Waals surface area contributed by atoms with Crippen LogP contribution in [0.4, 0.5) is 0 Å². The molecule has 0 aliphatic heterocycles. The molecule has 1 heteroatoms.